The molecule has 1 unspecified atom stereocenters. The number of hydrogen-bond donors (Lipinski definition) is 2. The van der Waals surface area contributed by atoms with Gasteiger partial charge in [0, 0.05) is 19.4 Å². The highest BCUT2D eigenvalue weighted by Crippen LogP contribution is 2.43. The molecule has 0 spiro atoms. The second kappa shape index (κ2) is 39.2. The third-order valence-electron chi connectivity index (χ3n) is 9.09. The number of carbonyl (C=O) groups is 2. The van der Waals surface area contributed by atoms with Crippen molar-refractivity contribution < 1.29 is 37.6 Å². The Balaban J connectivity index is 4.16. The van der Waals surface area contributed by atoms with Crippen molar-refractivity contribution in [2.24, 2.45) is 5.73 Å². The maximum absolute atomic E-state index is 12.6. The van der Waals surface area contributed by atoms with Gasteiger partial charge in [0.15, 0.2) is 6.10 Å². The van der Waals surface area contributed by atoms with E-state index in [4.69, 9.17) is 24.3 Å². The minimum atomic E-state index is -4.37. The summed E-state index contributed by atoms with van der Waals surface area (Å²) < 4.78 is 32.7. The molecule has 2 atom stereocenters. The van der Waals surface area contributed by atoms with E-state index in [1.807, 2.05) is 0 Å². The van der Waals surface area contributed by atoms with E-state index in [1.165, 1.54) is 109 Å². The molecule has 9 nitrogen and oxygen atoms in total. The molecule has 0 fully saturated rings. The zero-order chi connectivity index (χ0) is 38.2. The minimum absolute atomic E-state index is 0.0530. The molecule has 0 saturated carbocycles. The summed E-state index contributed by atoms with van der Waals surface area (Å²) in [6.45, 7) is 3.71. The van der Waals surface area contributed by atoms with Crippen LogP contribution < -0.4 is 5.73 Å². The summed E-state index contributed by atoms with van der Waals surface area (Å²) in [6, 6.07) is 0. The fraction of sp³-hybridized carbons (Fsp3) is 0.857. The predicted molar refractivity (Wildman–Crippen MR) is 215 cm³/mol. The van der Waals surface area contributed by atoms with E-state index >= 15 is 0 Å². The number of rotatable bonds is 40. The Morgan fingerprint density at radius 2 is 1.00 bits per heavy atom. The molecule has 0 aromatic carbocycles. The van der Waals surface area contributed by atoms with Crippen LogP contribution in [0.5, 0.6) is 0 Å². The lowest BCUT2D eigenvalue weighted by molar-refractivity contribution is -0.161. The first-order chi connectivity index (χ1) is 25.3. The summed E-state index contributed by atoms with van der Waals surface area (Å²) in [5.41, 5.74) is 5.34. The lowest BCUT2D eigenvalue weighted by Gasteiger charge is -2.19. The first-order valence-corrected chi connectivity index (χ1v) is 22.8. The van der Waals surface area contributed by atoms with Crippen molar-refractivity contribution in [1.29, 1.82) is 0 Å². The third-order valence-corrected chi connectivity index (χ3v) is 10.1. The third kappa shape index (κ3) is 38.2. The Morgan fingerprint density at radius 1 is 0.577 bits per heavy atom. The van der Waals surface area contributed by atoms with Gasteiger partial charge in [-0.25, -0.2) is 4.57 Å². The number of carbonyl (C=O) groups excluding carboxylic acids is 2. The lowest BCUT2D eigenvalue weighted by Crippen LogP contribution is -2.29. The van der Waals surface area contributed by atoms with E-state index in [0.29, 0.717) is 6.42 Å². The molecular formula is C42H80NO8P. The highest BCUT2D eigenvalue weighted by molar-refractivity contribution is 7.47. The summed E-state index contributed by atoms with van der Waals surface area (Å²) >= 11 is 0. The van der Waals surface area contributed by atoms with Gasteiger partial charge in [-0.3, -0.25) is 18.6 Å². The van der Waals surface area contributed by atoms with Gasteiger partial charge in [-0.15, -0.1) is 0 Å². The summed E-state index contributed by atoms with van der Waals surface area (Å²) in [7, 11) is -4.37. The molecule has 0 amide bonds. The summed E-state index contributed by atoms with van der Waals surface area (Å²) in [4.78, 5) is 34.8. The number of nitrogens with two attached hydrogens (primary N) is 1. The van der Waals surface area contributed by atoms with Gasteiger partial charge >= 0.3 is 19.8 Å². The summed E-state index contributed by atoms with van der Waals surface area (Å²) in [5.74, 6) is -0.838. The first kappa shape index (κ1) is 50.5. The van der Waals surface area contributed by atoms with E-state index in [0.717, 1.165) is 57.8 Å². The molecule has 0 aliphatic carbocycles. The summed E-state index contributed by atoms with van der Waals surface area (Å²) in [5, 5.41) is 0. The Bertz CT molecular complexity index is 912. The standard InChI is InChI=1S/C42H80NO8P/c1-3-5-7-9-11-13-15-17-19-21-23-25-27-29-31-33-35-42(45)51-40(39-50-52(46,47)49-37-36-43)38-48-41(44)34-32-30-28-26-24-22-20-18-16-14-12-10-8-6-4-2/h12,14,18,20,40H,3-11,13,15-17,19,21-39,43H2,1-2H3,(H,46,47)/b14-12-,20-18-/t40-/m1/s1. The second-order valence-corrected chi connectivity index (χ2v) is 15.7. The molecule has 0 aromatic heterocycles. The van der Waals surface area contributed by atoms with E-state index in [1.54, 1.807) is 0 Å². The van der Waals surface area contributed by atoms with Crippen molar-refractivity contribution in [3.63, 3.8) is 0 Å². The van der Waals surface area contributed by atoms with Gasteiger partial charge in [0.2, 0.25) is 0 Å². The quantitative estimate of drug-likeness (QED) is 0.0271. The van der Waals surface area contributed by atoms with Crippen LogP contribution >= 0.6 is 7.82 Å². The maximum atomic E-state index is 12.6. The minimum Gasteiger partial charge on any atom is -0.462 e. The molecule has 0 aliphatic heterocycles. The number of unbranched alkanes of at least 4 members (excludes halogenated alkanes) is 23. The van der Waals surface area contributed by atoms with E-state index in [9.17, 15) is 19.0 Å². The van der Waals surface area contributed by atoms with Gasteiger partial charge in [-0.05, 0) is 44.9 Å². The van der Waals surface area contributed by atoms with Crippen LogP contribution in [0.2, 0.25) is 0 Å². The zero-order valence-electron chi connectivity index (χ0n) is 33.6. The van der Waals surface area contributed by atoms with Crippen LogP contribution in [0.4, 0.5) is 0 Å². The SMILES string of the molecule is CCCCC/C=C\C/C=C\CCCCCCCC(=O)OC[C@H](COP(=O)(O)OCCN)OC(=O)CCCCCCCCCCCCCCCCCC. The Hall–Kier alpha value is -1.51. The summed E-state index contributed by atoms with van der Waals surface area (Å²) in [6.07, 6.45) is 40.6. The van der Waals surface area contributed by atoms with Crippen molar-refractivity contribution >= 4 is 19.8 Å². The molecule has 0 aliphatic rings. The molecule has 0 aromatic rings. The molecule has 0 bridgehead atoms. The monoisotopic (exact) mass is 758 g/mol. The van der Waals surface area contributed by atoms with Crippen molar-refractivity contribution in [3.05, 3.63) is 24.3 Å². The fourth-order valence-corrected chi connectivity index (χ4v) is 6.67. The van der Waals surface area contributed by atoms with Crippen LogP contribution in [0.25, 0.3) is 0 Å². The molecule has 0 rings (SSSR count). The van der Waals surface area contributed by atoms with Crippen LogP contribution in [-0.2, 0) is 32.7 Å². The maximum Gasteiger partial charge on any atom is 0.472 e. The Morgan fingerprint density at radius 3 is 1.50 bits per heavy atom. The molecule has 0 radical (unpaired) electrons. The highest BCUT2D eigenvalue weighted by Gasteiger charge is 2.26. The number of phosphoric ester groups is 1. The second-order valence-electron chi connectivity index (χ2n) is 14.2. The molecule has 306 valence electrons. The van der Waals surface area contributed by atoms with Crippen LogP contribution in [0.1, 0.15) is 200 Å². The van der Waals surface area contributed by atoms with E-state index < -0.39 is 32.5 Å². The normalized spacial score (nSPS) is 13.5. The van der Waals surface area contributed by atoms with Gasteiger partial charge in [0.1, 0.15) is 6.61 Å². The molecule has 3 N–H and O–H groups in total. The van der Waals surface area contributed by atoms with Gasteiger partial charge in [-0.1, -0.05) is 167 Å². The molecule has 52 heavy (non-hydrogen) atoms. The van der Waals surface area contributed by atoms with Gasteiger partial charge in [-0.2, -0.15) is 0 Å². The number of phosphoric acid groups is 1. The van der Waals surface area contributed by atoms with Crippen LogP contribution in [0.3, 0.4) is 0 Å². The zero-order valence-corrected chi connectivity index (χ0v) is 34.4. The smallest absolute Gasteiger partial charge is 0.462 e. The molecule has 0 saturated heterocycles. The molecule has 0 heterocycles. The number of esters is 2. The van der Waals surface area contributed by atoms with Gasteiger partial charge < -0.3 is 20.1 Å². The lowest BCUT2D eigenvalue weighted by atomic mass is 10.0. The fourth-order valence-electron chi connectivity index (χ4n) is 5.90. The van der Waals surface area contributed by atoms with Crippen molar-refractivity contribution in [2.45, 2.75) is 206 Å². The predicted octanol–water partition coefficient (Wildman–Crippen LogP) is 12.0. The average Bonchev–Trinajstić information content (AvgIpc) is 3.13. The van der Waals surface area contributed by atoms with E-state index in [-0.39, 0.29) is 32.6 Å². The van der Waals surface area contributed by atoms with Crippen molar-refractivity contribution in [1.82, 2.24) is 0 Å². The van der Waals surface area contributed by atoms with Gasteiger partial charge in [0.05, 0.1) is 13.2 Å². The van der Waals surface area contributed by atoms with E-state index in [2.05, 4.69) is 38.2 Å². The van der Waals surface area contributed by atoms with Crippen molar-refractivity contribution in [2.75, 3.05) is 26.4 Å². The topological polar surface area (TPSA) is 134 Å². The Kier molecular flexibility index (Phi) is 38.1. The first-order valence-electron chi connectivity index (χ1n) is 21.3. The van der Waals surface area contributed by atoms with Crippen LogP contribution in [-0.4, -0.2) is 49.3 Å². The van der Waals surface area contributed by atoms with Gasteiger partial charge in [0.25, 0.3) is 0 Å². The highest BCUT2D eigenvalue weighted by atomic mass is 31.2. The van der Waals surface area contributed by atoms with Crippen molar-refractivity contribution in [3.8, 4) is 0 Å². The number of ether oxygens (including phenoxy) is 2. The number of allylic oxidation sites excluding steroid dienone is 4. The largest absolute Gasteiger partial charge is 0.472 e. The van der Waals surface area contributed by atoms with Crippen LogP contribution in [0.15, 0.2) is 24.3 Å². The van der Waals surface area contributed by atoms with Crippen LogP contribution in [0, 0.1) is 0 Å². The molecular weight excluding hydrogens is 677 g/mol. The average molecular weight is 758 g/mol. The number of hydrogen-bond acceptors (Lipinski definition) is 8. The molecule has 10 heteroatoms. The Labute approximate surface area is 319 Å².